The molecule has 1 N–H and O–H groups in total. The molecular weight excluding hydrogens is 242 g/mol. The number of carboxylic acid groups (broad SMARTS) is 1. The molecule has 0 atom stereocenters. The predicted octanol–water partition coefficient (Wildman–Crippen LogP) is 3.65. The Kier molecular flexibility index (Phi) is 3.18. The van der Waals surface area contributed by atoms with Gasteiger partial charge in [-0.25, -0.2) is 4.79 Å². The average Bonchev–Trinajstić information content (AvgIpc) is 2.72. The molecule has 0 unspecified atom stereocenters. The maximum Gasteiger partial charge on any atom is 0.341 e. The Balaban J connectivity index is 2.66. The van der Waals surface area contributed by atoms with Crippen LogP contribution in [0.3, 0.4) is 0 Å². The number of nitrogens with zero attached hydrogens (tertiary/aromatic N) is 1. The van der Waals surface area contributed by atoms with E-state index >= 15 is 0 Å². The van der Waals surface area contributed by atoms with E-state index in [0.29, 0.717) is 11.5 Å². The lowest BCUT2D eigenvalue weighted by Gasteiger charge is -2.14. The van der Waals surface area contributed by atoms with E-state index in [1.165, 1.54) is 0 Å². The third kappa shape index (κ3) is 2.52. The first-order valence-electron chi connectivity index (χ1n) is 6.11. The zero-order chi connectivity index (χ0) is 14.2. The first-order chi connectivity index (χ1) is 8.80. The summed E-state index contributed by atoms with van der Waals surface area (Å²) in [5.41, 5.74) is 1.95. The number of aryl methyl sites for hydroxylation is 1. The summed E-state index contributed by atoms with van der Waals surface area (Å²) in [5, 5.41) is 13.4. The first kappa shape index (κ1) is 13.3. The molecule has 0 amide bonds. The lowest BCUT2D eigenvalue weighted by molar-refractivity contribution is 0.0693. The van der Waals surface area contributed by atoms with Crippen molar-refractivity contribution in [3.05, 3.63) is 41.2 Å². The molecule has 0 aliphatic heterocycles. The molecule has 0 saturated heterocycles. The van der Waals surface area contributed by atoms with Crippen LogP contribution in [0.15, 0.2) is 28.8 Å². The quantitative estimate of drug-likeness (QED) is 0.894. The van der Waals surface area contributed by atoms with E-state index in [1.807, 2.05) is 52.0 Å². The lowest BCUT2D eigenvalue weighted by Crippen LogP contribution is -2.15. The minimum atomic E-state index is -1.01. The Morgan fingerprint density at radius 3 is 2.53 bits per heavy atom. The monoisotopic (exact) mass is 259 g/mol. The summed E-state index contributed by atoms with van der Waals surface area (Å²) < 4.78 is 5.28. The molecule has 0 fully saturated rings. The highest BCUT2D eigenvalue weighted by atomic mass is 16.5. The fraction of sp³-hybridized carbons (Fsp3) is 0.333. The van der Waals surface area contributed by atoms with Gasteiger partial charge in [-0.1, -0.05) is 49.7 Å². The fourth-order valence-corrected chi connectivity index (χ4v) is 1.99. The van der Waals surface area contributed by atoms with Crippen LogP contribution in [0.25, 0.3) is 11.3 Å². The van der Waals surface area contributed by atoms with Crippen LogP contribution in [-0.2, 0) is 5.41 Å². The van der Waals surface area contributed by atoms with Crippen molar-refractivity contribution in [3.8, 4) is 11.3 Å². The first-order valence-corrected chi connectivity index (χ1v) is 6.11. The van der Waals surface area contributed by atoms with E-state index in [4.69, 9.17) is 4.52 Å². The largest absolute Gasteiger partial charge is 0.477 e. The highest BCUT2D eigenvalue weighted by Crippen LogP contribution is 2.33. The van der Waals surface area contributed by atoms with Gasteiger partial charge in [0.25, 0.3) is 0 Å². The molecule has 1 aromatic heterocycles. The van der Waals surface area contributed by atoms with Crippen molar-refractivity contribution in [2.45, 2.75) is 33.1 Å². The molecular formula is C15H17NO3. The van der Waals surface area contributed by atoms with Crippen molar-refractivity contribution in [3.63, 3.8) is 0 Å². The van der Waals surface area contributed by atoms with Crippen molar-refractivity contribution in [1.82, 2.24) is 5.16 Å². The predicted molar refractivity (Wildman–Crippen MR) is 72.3 cm³/mol. The summed E-state index contributed by atoms with van der Waals surface area (Å²) in [6.07, 6.45) is 0. The van der Waals surface area contributed by atoms with Gasteiger partial charge in [-0.15, -0.1) is 0 Å². The van der Waals surface area contributed by atoms with Gasteiger partial charge in [-0.3, -0.25) is 0 Å². The summed E-state index contributed by atoms with van der Waals surface area (Å²) in [4.78, 5) is 11.5. The second kappa shape index (κ2) is 4.53. The van der Waals surface area contributed by atoms with E-state index in [0.717, 1.165) is 11.1 Å². The summed E-state index contributed by atoms with van der Waals surface area (Å²) in [6, 6.07) is 7.57. The number of aromatic nitrogens is 1. The highest BCUT2D eigenvalue weighted by Gasteiger charge is 2.31. The van der Waals surface area contributed by atoms with Gasteiger partial charge in [0.05, 0.1) is 0 Å². The number of carboxylic acids is 1. The minimum Gasteiger partial charge on any atom is -0.477 e. The van der Waals surface area contributed by atoms with Gasteiger partial charge in [0.1, 0.15) is 11.3 Å². The lowest BCUT2D eigenvalue weighted by atomic mass is 9.89. The van der Waals surface area contributed by atoms with Gasteiger partial charge in [-0.2, -0.15) is 0 Å². The second-order valence-electron chi connectivity index (χ2n) is 5.66. The van der Waals surface area contributed by atoms with Crippen LogP contribution in [0.5, 0.6) is 0 Å². The molecule has 0 spiro atoms. The highest BCUT2D eigenvalue weighted by molar-refractivity contribution is 5.96. The minimum absolute atomic E-state index is 0.151. The summed E-state index contributed by atoms with van der Waals surface area (Å²) in [6.45, 7) is 7.66. The van der Waals surface area contributed by atoms with Gasteiger partial charge < -0.3 is 9.63 Å². The van der Waals surface area contributed by atoms with Crippen LogP contribution in [0.2, 0.25) is 0 Å². The maximum absolute atomic E-state index is 11.5. The van der Waals surface area contributed by atoms with E-state index in [1.54, 1.807) is 0 Å². The molecule has 2 rings (SSSR count). The third-order valence-corrected chi connectivity index (χ3v) is 2.88. The molecule has 2 aromatic rings. The van der Waals surface area contributed by atoms with Crippen LogP contribution < -0.4 is 0 Å². The Labute approximate surface area is 112 Å². The number of rotatable bonds is 2. The average molecular weight is 259 g/mol. The number of hydrogen-bond donors (Lipinski definition) is 1. The maximum atomic E-state index is 11.5. The summed E-state index contributed by atoms with van der Waals surface area (Å²) in [5.74, 6) is -0.612. The van der Waals surface area contributed by atoms with E-state index in [-0.39, 0.29) is 5.56 Å². The van der Waals surface area contributed by atoms with Crippen molar-refractivity contribution in [2.24, 2.45) is 0 Å². The van der Waals surface area contributed by atoms with E-state index < -0.39 is 11.4 Å². The molecule has 4 nitrogen and oxygen atoms in total. The summed E-state index contributed by atoms with van der Waals surface area (Å²) in [7, 11) is 0. The normalized spacial score (nSPS) is 11.6. The van der Waals surface area contributed by atoms with Gasteiger partial charge in [0.15, 0.2) is 5.76 Å². The fourth-order valence-electron chi connectivity index (χ4n) is 1.99. The smallest absolute Gasteiger partial charge is 0.341 e. The van der Waals surface area contributed by atoms with Crippen LogP contribution in [0, 0.1) is 6.92 Å². The van der Waals surface area contributed by atoms with Crippen molar-refractivity contribution in [2.75, 3.05) is 0 Å². The zero-order valence-electron chi connectivity index (χ0n) is 11.5. The Bertz CT molecular complexity index is 621. The Morgan fingerprint density at radius 1 is 1.32 bits per heavy atom. The van der Waals surface area contributed by atoms with Gasteiger partial charge >= 0.3 is 5.97 Å². The molecule has 0 aliphatic carbocycles. The Hall–Kier alpha value is -2.10. The van der Waals surface area contributed by atoms with Crippen LogP contribution in [0.4, 0.5) is 0 Å². The van der Waals surface area contributed by atoms with E-state index in [2.05, 4.69) is 5.16 Å². The van der Waals surface area contributed by atoms with Crippen LogP contribution in [-0.4, -0.2) is 16.2 Å². The molecule has 100 valence electrons. The number of aromatic carboxylic acids is 1. The Morgan fingerprint density at radius 2 is 2.00 bits per heavy atom. The second-order valence-corrected chi connectivity index (χ2v) is 5.66. The summed E-state index contributed by atoms with van der Waals surface area (Å²) >= 11 is 0. The molecule has 0 bridgehead atoms. The van der Waals surface area contributed by atoms with Crippen LogP contribution in [0.1, 0.15) is 42.5 Å². The van der Waals surface area contributed by atoms with Crippen molar-refractivity contribution < 1.29 is 14.4 Å². The van der Waals surface area contributed by atoms with Crippen LogP contribution >= 0.6 is 0 Å². The standard InChI is InChI=1S/C15H17NO3/c1-9-6-5-7-10(8-9)12-11(14(17)18)13(19-16-12)15(2,3)4/h5-8H,1-4H3,(H,17,18). The van der Waals surface area contributed by atoms with E-state index in [9.17, 15) is 9.90 Å². The number of hydrogen-bond acceptors (Lipinski definition) is 3. The molecule has 0 aliphatic rings. The topological polar surface area (TPSA) is 63.3 Å². The third-order valence-electron chi connectivity index (χ3n) is 2.88. The van der Waals surface area contributed by atoms with Crippen molar-refractivity contribution >= 4 is 5.97 Å². The number of carbonyl (C=O) groups is 1. The van der Waals surface area contributed by atoms with Gasteiger partial charge in [0.2, 0.25) is 0 Å². The molecule has 4 heteroatoms. The molecule has 0 saturated carbocycles. The number of benzene rings is 1. The zero-order valence-corrected chi connectivity index (χ0v) is 11.5. The molecule has 19 heavy (non-hydrogen) atoms. The molecule has 0 radical (unpaired) electrons. The SMILES string of the molecule is Cc1cccc(-c2noc(C(C)(C)C)c2C(=O)O)c1. The molecule has 1 heterocycles. The van der Waals surface area contributed by atoms with Crippen molar-refractivity contribution in [1.29, 1.82) is 0 Å². The molecule has 1 aromatic carbocycles. The van der Waals surface area contributed by atoms with Gasteiger partial charge in [0, 0.05) is 11.0 Å². The van der Waals surface area contributed by atoms with Gasteiger partial charge in [-0.05, 0) is 13.0 Å².